The van der Waals surface area contributed by atoms with Crippen LogP contribution in [0.1, 0.15) is 36.2 Å². The molecule has 5 nitrogen and oxygen atoms in total. The van der Waals surface area contributed by atoms with Gasteiger partial charge in [-0.1, -0.05) is 44.2 Å². The zero-order chi connectivity index (χ0) is 19.5. The summed E-state index contributed by atoms with van der Waals surface area (Å²) in [6.07, 6.45) is 1.34. The second-order valence-corrected chi connectivity index (χ2v) is 6.82. The number of carbonyl (C=O) groups is 2. The van der Waals surface area contributed by atoms with Crippen LogP contribution in [0.3, 0.4) is 0 Å². The first-order chi connectivity index (χ1) is 13.0. The fourth-order valence-electron chi connectivity index (χ4n) is 2.44. The number of ether oxygens (including phenoxy) is 1. The van der Waals surface area contributed by atoms with Crippen molar-refractivity contribution in [1.82, 2.24) is 10.6 Å². The molecule has 5 heteroatoms. The Bertz CT molecular complexity index is 712. The van der Waals surface area contributed by atoms with Crippen LogP contribution in [0.25, 0.3) is 0 Å². The monoisotopic (exact) mass is 368 g/mol. The number of hydrogen-bond donors (Lipinski definition) is 2. The Morgan fingerprint density at radius 2 is 1.59 bits per heavy atom. The molecule has 0 spiro atoms. The molecule has 2 aromatic carbocycles. The summed E-state index contributed by atoms with van der Waals surface area (Å²) < 4.78 is 5.65. The summed E-state index contributed by atoms with van der Waals surface area (Å²) in [7, 11) is 0. The summed E-state index contributed by atoms with van der Waals surface area (Å²) in [6, 6.07) is 16.7. The lowest BCUT2D eigenvalue weighted by molar-refractivity contribution is -0.120. The first-order valence-corrected chi connectivity index (χ1v) is 9.36. The molecule has 0 radical (unpaired) electrons. The van der Waals surface area contributed by atoms with E-state index in [0.29, 0.717) is 37.6 Å². The largest absolute Gasteiger partial charge is 0.494 e. The second kappa shape index (κ2) is 11.0. The Balaban J connectivity index is 1.65. The van der Waals surface area contributed by atoms with Crippen LogP contribution in [0.2, 0.25) is 0 Å². The van der Waals surface area contributed by atoms with Gasteiger partial charge in [-0.25, -0.2) is 0 Å². The van der Waals surface area contributed by atoms with E-state index in [9.17, 15) is 9.59 Å². The van der Waals surface area contributed by atoms with E-state index in [2.05, 4.69) is 24.5 Å². The van der Waals surface area contributed by atoms with Gasteiger partial charge in [0, 0.05) is 18.7 Å². The first-order valence-electron chi connectivity index (χ1n) is 9.36. The molecule has 0 saturated carbocycles. The molecule has 0 atom stereocenters. The van der Waals surface area contributed by atoms with Gasteiger partial charge in [0.15, 0.2) is 0 Å². The van der Waals surface area contributed by atoms with E-state index in [4.69, 9.17) is 4.74 Å². The van der Waals surface area contributed by atoms with Gasteiger partial charge in [-0.15, -0.1) is 0 Å². The molecule has 0 unspecified atom stereocenters. The third kappa shape index (κ3) is 7.94. The minimum Gasteiger partial charge on any atom is -0.494 e. The lowest BCUT2D eigenvalue weighted by Gasteiger charge is -2.09. The molecular weight excluding hydrogens is 340 g/mol. The summed E-state index contributed by atoms with van der Waals surface area (Å²) in [4.78, 5) is 24.0. The number of hydrogen-bond acceptors (Lipinski definition) is 3. The highest BCUT2D eigenvalue weighted by Crippen LogP contribution is 2.13. The molecule has 2 aromatic rings. The smallest absolute Gasteiger partial charge is 0.251 e. The molecule has 2 N–H and O–H groups in total. The minimum atomic E-state index is -0.166. The summed E-state index contributed by atoms with van der Waals surface area (Å²) in [5.74, 6) is 1.14. The highest BCUT2D eigenvalue weighted by atomic mass is 16.5. The number of benzene rings is 2. The van der Waals surface area contributed by atoms with Crippen LogP contribution in [0.4, 0.5) is 0 Å². The molecule has 0 saturated heterocycles. The Hall–Kier alpha value is -2.82. The van der Waals surface area contributed by atoms with Gasteiger partial charge in [0.2, 0.25) is 5.91 Å². The van der Waals surface area contributed by atoms with Gasteiger partial charge >= 0.3 is 0 Å². The lowest BCUT2D eigenvalue weighted by Crippen LogP contribution is -2.35. The van der Waals surface area contributed by atoms with Crippen LogP contribution in [0.5, 0.6) is 5.75 Å². The average molecular weight is 368 g/mol. The van der Waals surface area contributed by atoms with E-state index in [1.54, 1.807) is 24.3 Å². The molecule has 27 heavy (non-hydrogen) atoms. The van der Waals surface area contributed by atoms with Gasteiger partial charge in [0.25, 0.3) is 5.91 Å². The van der Waals surface area contributed by atoms with Gasteiger partial charge in [0.05, 0.1) is 13.0 Å². The summed E-state index contributed by atoms with van der Waals surface area (Å²) in [5.41, 5.74) is 1.54. The van der Waals surface area contributed by atoms with E-state index in [1.807, 2.05) is 30.3 Å². The fourth-order valence-corrected chi connectivity index (χ4v) is 2.44. The first kappa shape index (κ1) is 20.5. The Kier molecular flexibility index (Phi) is 8.36. The second-order valence-electron chi connectivity index (χ2n) is 6.82. The van der Waals surface area contributed by atoms with E-state index in [-0.39, 0.29) is 11.8 Å². The van der Waals surface area contributed by atoms with Gasteiger partial charge < -0.3 is 15.4 Å². The van der Waals surface area contributed by atoms with Crippen LogP contribution >= 0.6 is 0 Å². The van der Waals surface area contributed by atoms with Gasteiger partial charge in [0.1, 0.15) is 5.75 Å². The SMILES string of the molecule is CC(C)CCOc1ccc(C(=O)NCCNC(=O)Cc2ccccc2)cc1. The molecule has 0 aliphatic carbocycles. The van der Waals surface area contributed by atoms with Gasteiger partial charge in [-0.05, 0) is 42.2 Å². The van der Waals surface area contributed by atoms with Crippen molar-refractivity contribution in [3.05, 3.63) is 65.7 Å². The Morgan fingerprint density at radius 3 is 2.26 bits per heavy atom. The number of nitrogens with one attached hydrogen (secondary N) is 2. The maximum absolute atomic E-state index is 12.1. The molecular formula is C22H28N2O3. The van der Waals surface area contributed by atoms with Gasteiger partial charge in [-0.3, -0.25) is 9.59 Å². The van der Waals surface area contributed by atoms with Crippen LogP contribution in [-0.4, -0.2) is 31.5 Å². The highest BCUT2D eigenvalue weighted by Gasteiger charge is 2.06. The zero-order valence-corrected chi connectivity index (χ0v) is 16.0. The predicted octanol–water partition coefficient (Wildman–Crippen LogP) is 3.20. The van der Waals surface area contributed by atoms with Crippen molar-refractivity contribution in [1.29, 1.82) is 0 Å². The van der Waals surface area contributed by atoms with E-state index in [1.165, 1.54) is 0 Å². The summed E-state index contributed by atoms with van der Waals surface area (Å²) in [6.45, 7) is 5.76. The fraction of sp³-hybridized carbons (Fsp3) is 0.364. The van der Waals surface area contributed by atoms with Crippen molar-refractivity contribution in [3.63, 3.8) is 0 Å². The zero-order valence-electron chi connectivity index (χ0n) is 16.0. The molecule has 2 amide bonds. The minimum absolute atomic E-state index is 0.0571. The maximum atomic E-state index is 12.1. The molecule has 144 valence electrons. The van der Waals surface area contributed by atoms with Crippen molar-refractivity contribution in [2.45, 2.75) is 26.7 Å². The highest BCUT2D eigenvalue weighted by molar-refractivity contribution is 5.94. The van der Waals surface area contributed by atoms with Crippen molar-refractivity contribution in [2.75, 3.05) is 19.7 Å². The van der Waals surface area contributed by atoms with Crippen molar-refractivity contribution < 1.29 is 14.3 Å². The number of rotatable bonds is 10. The topological polar surface area (TPSA) is 67.4 Å². The Morgan fingerprint density at radius 1 is 0.926 bits per heavy atom. The quantitative estimate of drug-likeness (QED) is 0.633. The molecule has 0 fully saturated rings. The molecule has 0 aromatic heterocycles. The molecule has 0 aliphatic rings. The van der Waals surface area contributed by atoms with Gasteiger partial charge in [-0.2, -0.15) is 0 Å². The van der Waals surface area contributed by atoms with Crippen LogP contribution in [0.15, 0.2) is 54.6 Å². The number of carbonyl (C=O) groups excluding carboxylic acids is 2. The molecule has 0 heterocycles. The third-order valence-electron chi connectivity index (χ3n) is 4.02. The summed E-state index contributed by atoms with van der Waals surface area (Å²) in [5, 5.41) is 5.61. The van der Waals surface area contributed by atoms with Crippen molar-refractivity contribution in [3.8, 4) is 5.75 Å². The average Bonchev–Trinajstić information content (AvgIpc) is 2.66. The molecule has 2 rings (SSSR count). The van der Waals surface area contributed by atoms with Crippen LogP contribution in [-0.2, 0) is 11.2 Å². The predicted molar refractivity (Wildman–Crippen MR) is 107 cm³/mol. The number of amides is 2. The van der Waals surface area contributed by atoms with E-state index >= 15 is 0 Å². The standard InChI is InChI=1S/C22H28N2O3/c1-17(2)12-15-27-20-10-8-19(9-11-20)22(26)24-14-13-23-21(25)16-18-6-4-3-5-7-18/h3-11,17H,12-16H2,1-2H3,(H,23,25)(H,24,26). The normalized spacial score (nSPS) is 10.5. The molecule has 0 aliphatic heterocycles. The van der Waals surface area contributed by atoms with E-state index < -0.39 is 0 Å². The third-order valence-corrected chi connectivity index (χ3v) is 4.02. The maximum Gasteiger partial charge on any atom is 0.251 e. The lowest BCUT2D eigenvalue weighted by atomic mass is 10.1. The Labute approximate surface area is 161 Å². The van der Waals surface area contributed by atoms with Crippen LogP contribution < -0.4 is 15.4 Å². The van der Waals surface area contributed by atoms with Crippen LogP contribution in [0, 0.1) is 5.92 Å². The van der Waals surface area contributed by atoms with E-state index in [0.717, 1.165) is 17.7 Å². The molecule has 0 bridgehead atoms. The summed E-state index contributed by atoms with van der Waals surface area (Å²) >= 11 is 0. The van der Waals surface area contributed by atoms with Crippen molar-refractivity contribution in [2.24, 2.45) is 5.92 Å². The van der Waals surface area contributed by atoms with Crippen molar-refractivity contribution >= 4 is 11.8 Å².